The number of anilines is 1. The molecule has 0 radical (unpaired) electrons. The number of carbonyl (C=O) groups is 1. The number of aromatic nitrogens is 2. The molecular weight excluding hydrogens is 312 g/mol. The van der Waals surface area contributed by atoms with E-state index in [4.69, 9.17) is 5.73 Å². The van der Waals surface area contributed by atoms with Gasteiger partial charge in [0.05, 0.1) is 11.4 Å². The van der Waals surface area contributed by atoms with Gasteiger partial charge in [-0.05, 0) is 57.4 Å². The van der Waals surface area contributed by atoms with Gasteiger partial charge >= 0.3 is 0 Å². The van der Waals surface area contributed by atoms with Gasteiger partial charge in [-0.25, -0.2) is 4.68 Å². The van der Waals surface area contributed by atoms with Gasteiger partial charge in [0.2, 0.25) is 5.91 Å². The number of nitrogens with zero attached hydrogens (tertiary/aromatic N) is 2. The number of hydrogen-bond donors (Lipinski definition) is 2. The van der Waals surface area contributed by atoms with Crippen molar-refractivity contribution in [2.45, 2.75) is 39.2 Å². The zero-order valence-corrected chi connectivity index (χ0v) is 14.3. The monoisotopic (exact) mass is 334 g/mol. The van der Waals surface area contributed by atoms with Crippen LogP contribution >= 0.6 is 12.4 Å². The molecule has 1 heterocycles. The molecule has 0 saturated heterocycles. The largest absolute Gasteiger partial charge is 0.328 e. The van der Waals surface area contributed by atoms with E-state index in [9.17, 15) is 4.79 Å². The van der Waals surface area contributed by atoms with Crippen molar-refractivity contribution in [3.63, 3.8) is 0 Å². The molecular formula is C17H23ClN4O. The third-order valence-corrected chi connectivity index (χ3v) is 4.21. The maximum absolute atomic E-state index is 12.3. The summed E-state index contributed by atoms with van der Waals surface area (Å²) in [5, 5.41) is 7.48. The standard InChI is InChI=1S/C17H22N4O.ClH/c1-11-8-12(2)21(20-11)16-5-3-4-15(10-16)19-17(22)13-6-7-14(18)9-13;/h3-5,8,10,13-14H,6-7,9,18H2,1-2H3,(H,19,22);1H. The van der Waals surface area contributed by atoms with Crippen LogP contribution in [0.4, 0.5) is 5.69 Å². The van der Waals surface area contributed by atoms with Gasteiger partial charge in [0, 0.05) is 23.3 Å². The SMILES string of the molecule is Cc1cc(C)n(-c2cccc(NC(=O)C3CCC(N)C3)c2)n1.Cl. The van der Waals surface area contributed by atoms with E-state index in [1.54, 1.807) is 0 Å². The Morgan fingerprint density at radius 3 is 2.70 bits per heavy atom. The summed E-state index contributed by atoms with van der Waals surface area (Å²) in [7, 11) is 0. The molecule has 0 bridgehead atoms. The van der Waals surface area contributed by atoms with E-state index in [1.807, 2.05) is 48.9 Å². The smallest absolute Gasteiger partial charge is 0.227 e. The second-order valence-electron chi connectivity index (χ2n) is 6.15. The summed E-state index contributed by atoms with van der Waals surface area (Å²) >= 11 is 0. The lowest BCUT2D eigenvalue weighted by Crippen LogP contribution is -2.23. The first-order chi connectivity index (χ1) is 10.5. The Labute approximate surface area is 142 Å². The molecule has 1 aliphatic carbocycles. The first kappa shape index (κ1) is 17.5. The van der Waals surface area contributed by atoms with E-state index >= 15 is 0 Å². The van der Waals surface area contributed by atoms with Crippen LogP contribution in [0.2, 0.25) is 0 Å². The van der Waals surface area contributed by atoms with Crippen LogP contribution in [-0.2, 0) is 4.79 Å². The van der Waals surface area contributed by atoms with E-state index in [2.05, 4.69) is 10.4 Å². The molecule has 1 amide bonds. The molecule has 3 N–H and O–H groups in total. The van der Waals surface area contributed by atoms with Gasteiger partial charge in [-0.1, -0.05) is 6.07 Å². The zero-order chi connectivity index (χ0) is 15.7. The highest BCUT2D eigenvalue weighted by Gasteiger charge is 2.27. The Balaban J connectivity index is 0.00000192. The van der Waals surface area contributed by atoms with Crippen LogP contribution in [0.5, 0.6) is 0 Å². The fourth-order valence-corrected chi connectivity index (χ4v) is 3.10. The highest BCUT2D eigenvalue weighted by molar-refractivity contribution is 5.93. The summed E-state index contributed by atoms with van der Waals surface area (Å²) in [6.45, 7) is 3.99. The van der Waals surface area contributed by atoms with Crippen LogP contribution in [-0.4, -0.2) is 21.7 Å². The molecule has 1 fully saturated rings. The van der Waals surface area contributed by atoms with Gasteiger partial charge in [-0.15, -0.1) is 12.4 Å². The topological polar surface area (TPSA) is 72.9 Å². The number of aryl methyl sites for hydroxylation is 2. The van der Waals surface area contributed by atoms with E-state index < -0.39 is 0 Å². The summed E-state index contributed by atoms with van der Waals surface area (Å²) in [5.74, 6) is 0.103. The first-order valence-corrected chi connectivity index (χ1v) is 7.73. The molecule has 5 nitrogen and oxygen atoms in total. The molecule has 6 heteroatoms. The minimum Gasteiger partial charge on any atom is -0.328 e. The molecule has 0 aliphatic heterocycles. The highest BCUT2D eigenvalue weighted by Crippen LogP contribution is 2.26. The number of amides is 1. The maximum atomic E-state index is 12.3. The molecule has 23 heavy (non-hydrogen) atoms. The molecule has 1 aromatic heterocycles. The fraction of sp³-hybridized carbons (Fsp3) is 0.412. The minimum absolute atomic E-state index is 0. The second kappa shape index (κ2) is 7.15. The third kappa shape index (κ3) is 3.92. The molecule has 124 valence electrons. The van der Waals surface area contributed by atoms with Crippen molar-refractivity contribution in [3.8, 4) is 5.69 Å². The van der Waals surface area contributed by atoms with E-state index in [1.165, 1.54) is 0 Å². The fourth-order valence-electron chi connectivity index (χ4n) is 3.10. The van der Waals surface area contributed by atoms with Crippen LogP contribution in [0.3, 0.4) is 0 Å². The van der Waals surface area contributed by atoms with E-state index in [-0.39, 0.29) is 30.3 Å². The van der Waals surface area contributed by atoms with E-state index in [0.29, 0.717) is 0 Å². The Bertz CT molecular complexity index is 698. The summed E-state index contributed by atoms with van der Waals surface area (Å²) in [4.78, 5) is 12.3. The van der Waals surface area contributed by atoms with Crippen molar-refractivity contribution in [1.29, 1.82) is 0 Å². The summed E-state index contributed by atoms with van der Waals surface area (Å²) in [6.07, 6.45) is 2.59. The Hall–Kier alpha value is -1.85. The van der Waals surface area contributed by atoms with Crippen molar-refractivity contribution in [1.82, 2.24) is 9.78 Å². The number of nitrogens with two attached hydrogens (primary N) is 1. The molecule has 1 saturated carbocycles. The average Bonchev–Trinajstić information content (AvgIpc) is 3.05. The average molecular weight is 335 g/mol. The van der Waals surface area contributed by atoms with Crippen LogP contribution in [0.1, 0.15) is 30.7 Å². The lowest BCUT2D eigenvalue weighted by molar-refractivity contribution is -0.119. The molecule has 1 aromatic carbocycles. The van der Waals surface area contributed by atoms with Crippen molar-refractivity contribution in [2.24, 2.45) is 11.7 Å². The van der Waals surface area contributed by atoms with Crippen LogP contribution in [0, 0.1) is 19.8 Å². The minimum atomic E-state index is 0. The summed E-state index contributed by atoms with van der Waals surface area (Å²) in [5.41, 5.74) is 9.69. The number of halogens is 1. The van der Waals surface area contributed by atoms with Gasteiger partial charge in [0.1, 0.15) is 0 Å². The summed E-state index contributed by atoms with van der Waals surface area (Å²) in [6, 6.07) is 9.97. The van der Waals surface area contributed by atoms with Crippen LogP contribution < -0.4 is 11.1 Å². The predicted octanol–water partition coefficient (Wildman–Crippen LogP) is 2.98. The van der Waals surface area contributed by atoms with Gasteiger partial charge in [-0.3, -0.25) is 4.79 Å². The maximum Gasteiger partial charge on any atom is 0.227 e. The van der Waals surface area contributed by atoms with E-state index in [0.717, 1.165) is 42.0 Å². The van der Waals surface area contributed by atoms with Crippen molar-refractivity contribution < 1.29 is 4.79 Å². The van der Waals surface area contributed by atoms with Gasteiger partial charge < -0.3 is 11.1 Å². The number of hydrogen-bond acceptors (Lipinski definition) is 3. The van der Waals surface area contributed by atoms with Crippen molar-refractivity contribution >= 4 is 24.0 Å². The summed E-state index contributed by atoms with van der Waals surface area (Å²) < 4.78 is 1.89. The third-order valence-electron chi connectivity index (χ3n) is 4.21. The van der Waals surface area contributed by atoms with Crippen LogP contribution in [0.25, 0.3) is 5.69 Å². The lowest BCUT2D eigenvalue weighted by atomic mass is 10.1. The molecule has 2 aromatic rings. The lowest BCUT2D eigenvalue weighted by Gasteiger charge is -2.12. The first-order valence-electron chi connectivity index (χ1n) is 7.73. The molecule has 0 spiro atoms. The normalized spacial score (nSPS) is 20.1. The Kier molecular flexibility index (Phi) is 5.44. The number of carbonyl (C=O) groups excluding carboxylic acids is 1. The van der Waals surface area contributed by atoms with Gasteiger partial charge in [0.25, 0.3) is 0 Å². The molecule has 2 atom stereocenters. The number of benzene rings is 1. The predicted molar refractivity (Wildman–Crippen MR) is 94.2 cm³/mol. The molecule has 3 rings (SSSR count). The number of nitrogens with one attached hydrogen (secondary N) is 1. The molecule has 1 aliphatic rings. The quantitative estimate of drug-likeness (QED) is 0.906. The van der Waals surface area contributed by atoms with Crippen molar-refractivity contribution in [2.75, 3.05) is 5.32 Å². The van der Waals surface area contributed by atoms with Crippen LogP contribution in [0.15, 0.2) is 30.3 Å². The van der Waals surface area contributed by atoms with Crippen molar-refractivity contribution in [3.05, 3.63) is 41.7 Å². The Morgan fingerprint density at radius 2 is 2.09 bits per heavy atom. The zero-order valence-electron chi connectivity index (χ0n) is 13.5. The molecule has 2 unspecified atom stereocenters. The highest BCUT2D eigenvalue weighted by atomic mass is 35.5. The van der Waals surface area contributed by atoms with Gasteiger partial charge in [0.15, 0.2) is 0 Å². The van der Waals surface area contributed by atoms with Gasteiger partial charge in [-0.2, -0.15) is 5.10 Å². The number of rotatable bonds is 3. The second-order valence-corrected chi connectivity index (χ2v) is 6.15. The Morgan fingerprint density at radius 1 is 1.30 bits per heavy atom.